The number of nitriles is 1. The summed E-state index contributed by atoms with van der Waals surface area (Å²) in [5, 5.41) is 25.7. The van der Waals surface area contributed by atoms with Crippen molar-refractivity contribution in [3.05, 3.63) is 24.3 Å². The van der Waals surface area contributed by atoms with Crippen LogP contribution in [-0.2, 0) is 0 Å². The van der Waals surface area contributed by atoms with Crippen LogP contribution in [0.2, 0.25) is 5.82 Å². The van der Waals surface area contributed by atoms with Crippen molar-refractivity contribution in [2.24, 2.45) is 0 Å². The molecule has 0 saturated carbocycles. The van der Waals surface area contributed by atoms with E-state index in [1.165, 1.54) is 0 Å². The molecule has 1 unspecified atom stereocenters. The maximum absolute atomic E-state index is 8.68. The van der Waals surface area contributed by atoms with Crippen LogP contribution in [0, 0.1) is 11.3 Å². The number of allylic oxidation sites excluding steroid dienone is 3. The third-order valence-corrected chi connectivity index (χ3v) is 1.48. The Labute approximate surface area is 72.8 Å². The van der Waals surface area contributed by atoms with Crippen LogP contribution in [0.1, 0.15) is 13.3 Å². The molecule has 12 heavy (non-hydrogen) atoms. The van der Waals surface area contributed by atoms with E-state index in [1.54, 1.807) is 19.1 Å². The second-order valence-corrected chi connectivity index (χ2v) is 2.67. The van der Waals surface area contributed by atoms with E-state index < -0.39 is 7.12 Å². The second-order valence-electron chi connectivity index (χ2n) is 2.67. The van der Waals surface area contributed by atoms with Gasteiger partial charge in [-0.3, -0.25) is 0 Å². The molecule has 0 spiro atoms. The lowest BCUT2D eigenvalue weighted by atomic mass is 9.72. The number of hydrogen-bond acceptors (Lipinski definition) is 3. The Morgan fingerprint density at radius 3 is 2.75 bits per heavy atom. The first-order valence-corrected chi connectivity index (χ1v) is 3.69. The maximum Gasteiger partial charge on any atom is 0.454 e. The van der Waals surface area contributed by atoms with Crippen LogP contribution in [0.15, 0.2) is 24.3 Å². The molecule has 0 saturated heterocycles. The average molecular weight is 165 g/mol. The molecule has 0 aromatic rings. The van der Waals surface area contributed by atoms with Crippen molar-refractivity contribution in [2.45, 2.75) is 19.2 Å². The van der Waals surface area contributed by atoms with Crippen LogP contribution in [0.3, 0.4) is 0 Å². The largest absolute Gasteiger partial charge is 0.454 e. The van der Waals surface area contributed by atoms with E-state index in [9.17, 15) is 0 Å². The number of rotatable bonds is 4. The third kappa shape index (κ3) is 4.72. The Balaban J connectivity index is 3.76. The molecule has 3 nitrogen and oxygen atoms in total. The van der Waals surface area contributed by atoms with Crippen LogP contribution in [0.25, 0.3) is 0 Å². The minimum atomic E-state index is -1.30. The molecule has 64 valence electrons. The van der Waals surface area contributed by atoms with Gasteiger partial charge in [0.1, 0.15) is 0 Å². The minimum absolute atomic E-state index is 0.215. The molecule has 0 aliphatic rings. The van der Waals surface area contributed by atoms with Crippen molar-refractivity contribution < 1.29 is 10.0 Å². The number of nitrogens with zero attached hydrogens (tertiary/aromatic N) is 1. The van der Waals surface area contributed by atoms with Gasteiger partial charge in [0.2, 0.25) is 0 Å². The van der Waals surface area contributed by atoms with Gasteiger partial charge in [-0.05, 0) is 18.3 Å². The van der Waals surface area contributed by atoms with Crippen LogP contribution in [0.4, 0.5) is 0 Å². The normalized spacial score (nSPS) is 12.5. The van der Waals surface area contributed by atoms with Gasteiger partial charge in [0.15, 0.2) is 0 Å². The highest BCUT2D eigenvalue weighted by Crippen LogP contribution is 2.11. The third-order valence-electron chi connectivity index (χ3n) is 1.48. The highest BCUT2D eigenvalue weighted by Gasteiger charge is 2.15. The fourth-order valence-electron chi connectivity index (χ4n) is 0.584. The Bertz CT molecular complexity index is 218. The molecule has 0 aromatic heterocycles. The van der Waals surface area contributed by atoms with Crippen LogP contribution in [-0.4, -0.2) is 17.2 Å². The summed E-state index contributed by atoms with van der Waals surface area (Å²) in [6.07, 6.45) is 3.80. The Morgan fingerprint density at radius 1 is 1.75 bits per heavy atom. The first-order valence-electron chi connectivity index (χ1n) is 3.69. The molecule has 0 heterocycles. The Morgan fingerprint density at radius 2 is 2.33 bits per heavy atom. The van der Waals surface area contributed by atoms with Crippen molar-refractivity contribution >= 4 is 7.12 Å². The first kappa shape index (κ1) is 11.0. The molecular formula is C8H12BNO2. The Hall–Kier alpha value is -1.05. The lowest BCUT2D eigenvalue weighted by Crippen LogP contribution is -2.16. The zero-order valence-electron chi connectivity index (χ0n) is 7.07. The van der Waals surface area contributed by atoms with Gasteiger partial charge in [0, 0.05) is 5.57 Å². The van der Waals surface area contributed by atoms with E-state index in [-0.39, 0.29) is 5.82 Å². The quantitative estimate of drug-likeness (QED) is 0.369. The molecule has 0 rings (SSSR count). The van der Waals surface area contributed by atoms with E-state index >= 15 is 0 Å². The molecule has 0 aromatic carbocycles. The van der Waals surface area contributed by atoms with E-state index in [4.69, 9.17) is 15.3 Å². The summed E-state index contributed by atoms with van der Waals surface area (Å²) in [5.74, 6) is -0.215. The predicted octanol–water partition coefficient (Wildman–Crippen LogP) is 0.875. The first-order chi connectivity index (χ1) is 5.57. The maximum atomic E-state index is 8.68. The number of hydrogen-bond donors (Lipinski definition) is 2. The molecule has 0 radical (unpaired) electrons. The van der Waals surface area contributed by atoms with Gasteiger partial charge in [-0.15, -0.1) is 0 Å². The molecular weight excluding hydrogens is 153 g/mol. The molecule has 0 aliphatic heterocycles. The minimum Gasteiger partial charge on any atom is -0.427 e. The van der Waals surface area contributed by atoms with E-state index in [0.717, 1.165) is 0 Å². The molecule has 0 amide bonds. The molecule has 0 bridgehead atoms. The van der Waals surface area contributed by atoms with Crippen molar-refractivity contribution in [3.63, 3.8) is 0 Å². The zero-order valence-corrected chi connectivity index (χ0v) is 7.07. The SMILES string of the molecule is C=C(C#N)/C=C\CC(C)B(O)O. The lowest BCUT2D eigenvalue weighted by Gasteiger charge is -2.04. The summed E-state index contributed by atoms with van der Waals surface area (Å²) < 4.78 is 0. The Kier molecular flexibility index (Phi) is 5.10. The fourth-order valence-corrected chi connectivity index (χ4v) is 0.584. The fraction of sp³-hybridized carbons (Fsp3) is 0.375. The zero-order chi connectivity index (χ0) is 9.56. The summed E-state index contributed by atoms with van der Waals surface area (Å²) in [5.41, 5.74) is 0.370. The highest BCUT2D eigenvalue weighted by molar-refractivity contribution is 6.42. The molecule has 4 heteroatoms. The molecule has 0 fully saturated rings. The monoisotopic (exact) mass is 165 g/mol. The van der Waals surface area contributed by atoms with Gasteiger partial charge in [-0.2, -0.15) is 5.26 Å². The standard InChI is InChI=1S/C8H12BNO2/c1-7(6-10)4-3-5-8(2)9(11)12/h3-4,8,11-12H,1,5H2,2H3/b4-3-. The summed E-state index contributed by atoms with van der Waals surface area (Å²) in [6.45, 7) is 5.15. The average Bonchev–Trinajstić information content (AvgIpc) is 2.03. The van der Waals surface area contributed by atoms with Gasteiger partial charge < -0.3 is 10.0 Å². The molecule has 1 atom stereocenters. The summed E-state index contributed by atoms with van der Waals surface area (Å²) >= 11 is 0. The van der Waals surface area contributed by atoms with Crippen LogP contribution < -0.4 is 0 Å². The second kappa shape index (κ2) is 5.59. The van der Waals surface area contributed by atoms with E-state index in [2.05, 4.69) is 6.58 Å². The topological polar surface area (TPSA) is 64.2 Å². The lowest BCUT2D eigenvalue weighted by molar-refractivity contribution is 0.388. The van der Waals surface area contributed by atoms with Gasteiger partial charge in [0.05, 0.1) is 6.07 Å². The van der Waals surface area contributed by atoms with E-state index in [0.29, 0.717) is 12.0 Å². The summed E-state index contributed by atoms with van der Waals surface area (Å²) in [7, 11) is -1.30. The summed E-state index contributed by atoms with van der Waals surface area (Å²) in [6, 6.07) is 1.86. The highest BCUT2D eigenvalue weighted by atomic mass is 16.4. The van der Waals surface area contributed by atoms with Gasteiger partial charge in [0.25, 0.3) is 0 Å². The van der Waals surface area contributed by atoms with Crippen molar-refractivity contribution in [2.75, 3.05) is 0 Å². The van der Waals surface area contributed by atoms with Crippen molar-refractivity contribution in [3.8, 4) is 6.07 Å². The van der Waals surface area contributed by atoms with Crippen molar-refractivity contribution in [1.82, 2.24) is 0 Å². The van der Waals surface area contributed by atoms with Gasteiger partial charge in [-0.25, -0.2) is 0 Å². The van der Waals surface area contributed by atoms with Crippen LogP contribution in [0.5, 0.6) is 0 Å². The molecule has 2 N–H and O–H groups in total. The predicted molar refractivity (Wildman–Crippen MR) is 48.1 cm³/mol. The smallest absolute Gasteiger partial charge is 0.427 e. The van der Waals surface area contributed by atoms with Crippen molar-refractivity contribution in [1.29, 1.82) is 5.26 Å². The van der Waals surface area contributed by atoms with E-state index in [1.807, 2.05) is 6.07 Å². The summed E-state index contributed by atoms with van der Waals surface area (Å²) in [4.78, 5) is 0. The van der Waals surface area contributed by atoms with Crippen LogP contribution >= 0.6 is 0 Å². The van der Waals surface area contributed by atoms with Gasteiger partial charge >= 0.3 is 7.12 Å². The molecule has 0 aliphatic carbocycles. The van der Waals surface area contributed by atoms with Gasteiger partial charge in [-0.1, -0.05) is 19.6 Å².